The molecule has 3 unspecified atom stereocenters. The van der Waals surface area contributed by atoms with Gasteiger partial charge in [-0.15, -0.1) is 0 Å². The van der Waals surface area contributed by atoms with E-state index in [4.69, 9.17) is 0 Å². The minimum atomic E-state index is 0.208. The molecular weight excluding hydrogens is 180 g/mol. The van der Waals surface area contributed by atoms with Gasteiger partial charge in [-0.05, 0) is 35.5 Å². The van der Waals surface area contributed by atoms with E-state index in [0.29, 0.717) is 11.8 Å². The first-order chi connectivity index (χ1) is 6.97. The molecule has 0 nitrogen and oxygen atoms in total. The molecule has 0 saturated heterocycles. The molecular formula is C15H20. The number of rotatable bonds is 0. The Hall–Kier alpha value is -1.04. The predicted octanol–water partition coefficient (Wildman–Crippen LogP) is 4.28. The summed E-state index contributed by atoms with van der Waals surface area (Å²) in [5.41, 5.74) is 4.18. The van der Waals surface area contributed by atoms with Crippen LogP contribution < -0.4 is 0 Å². The highest BCUT2D eigenvalue weighted by molar-refractivity contribution is 5.53. The second-order valence-corrected chi connectivity index (χ2v) is 5.19. The van der Waals surface area contributed by atoms with Gasteiger partial charge in [0, 0.05) is 5.41 Å². The SMILES string of the molecule is C=C1C=CC2(C)C(=C1C)C=CC(C)C2C. The summed E-state index contributed by atoms with van der Waals surface area (Å²) in [7, 11) is 0. The molecule has 2 rings (SSSR count). The van der Waals surface area contributed by atoms with Crippen molar-refractivity contribution in [2.45, 2.75) is 27.7 Å². The van der Waals surface area contributed by atoms with Crippen molar-refractivity contribution in [1.82, 2.24) is 0 Å². The van der Waals surface area contributed by atoms with Crippen LogP contribution in [-0.2, 0) is 0 Å². The molecule has 0 aromatic carbocycles. The second kappa shape index (κ2) is 3.23. The lowest BCUT2D eigenvalue weighted by molar-refractivity contribution is 0.263. The van der Waals surface area contributed by atoms with E-state index in [1.54, 1.807) is 0 Å². The zero-order valence-corrected chi connectivity index (χ0v) is 10.2. The Balaban J connectivity index is 2.60. The molecule has 80 valence electrons. The van der Waals surface area contributed by atoms with E-state index in [-0.39, 0.29) is 5.41 Å². The van der Waals surface area contributed by atoms with Crippen molar-refractivity contribution in [3.63, 3.8) is 0 Å². The molecule has 15 heavy (non-hydrogen) atoms. The molecule has 2 aliphatic carbocycles. The fourth-order valence-electron chi connectivity index (χ4n) is 2.73. The topological polar surface area (TPSA) is 0 Å². The van der Waals surface area contributed by atoms with Crippen molar-refractivity contribution in [3.05, 3.63) is 47.6 Å². The van der Waals surface area contributed by atoms with Crippen LogP contribution in [-0.4, -0.2) is 0 Å². The standard InChI is InChI=1S/C15H20/c1-10-8-9-15(5)13(4)11(2)6-7-14(15)12(10)3/h6-9,11,13H,1H2,2-5H3. The van der Waals surface area contributed by atoms with Crippen LogP contribution in [0.3, 0.4) is 0 Å². The van der Waals surface area contributed by atoms with Gasteiger partial charge in [-0.3, -0.25) is 0 Å². The van der Waals surface area contributed by atoms with Gasteiger partial charge >= 0.3 is 0 Å². The molecule has 0 saturated carbocycles. The first-order valence-electron chi connectivity index (χ1n) is 5.75. The third-order valence-corrected chi connectivity index (χ3v) is 4.40. The van der Waals surface area contributed by atoms with Crippen LogP contribution in [0.15, 0.2) is 47.6 Å². The van der Waals surface area contributed by atoms with Crippen molar-refractivity contribution in [2.75, 3.05) is 0 Å². The van der Waals surface area contributed by atoms with E-state index in [1.807, 2.05) is 0 Å². The first-order valence-corrected chi connectivity index (χ1v) is 5.75. The monoisotopic (exact) mass is 200 g/mol. The summed E-state index contributed by atoms with van der Waals surface area (Å²) in [6.45, 7) is 13.3. The molecule has 0 spiro atoms. The van der Waals surface area contributed by atoms with E-state index >= 15 is 0 Å². The van der Waals surface area contributed by atoms with Crippen molar-refractivity contribution in [3.8, 4) is 0 Å². The van der Waals surface area contributed by atoms with E-state index in [0.717, 1.165) is 5.57 Å². The summed E-state index contributed by atoms with van der Waals surface area (Å²) in [5.74, 6) is 1.32. The summed E-state index contributed by atoms with van der Waals surface area (Å²) >= 11 is 0. The first kappa shape index (κ1) is 10.5. The van der Waals surface area contributed by atoms with Gasteiger partial charge in [-0.1, -0.05) is 51.7 Å². The van der Waals surface area contributed by atoms with Crippen LogP contribution in [0.1, 0.15) is 27.7 Å². The number of hydrogen-bond donors (Lipinski definition) is 0. The van der Waals surface area contributed by atoms with Crippen molar-refractivity contribution in [1.29, 1.82) is 0 Å². The van der Waals surface area contributed by atoms with Gasteiger partial charge in [0.15, 0.2) is 0 Å². The third kappa shape index (κ3) is 1.35. The summed E-state index contributed by atoms with van der Waals surface area (Å²) in [6, 6.07) is 0. The Labute approximate surface area is 93.1 Å². The van der Waals surface area contributed by atoms with E-state index in [1.165, 1.54) is 11.1 Å². The molecule has 0 radical (unpaired) electrons. The fraction of sp³-hybridized carbons (Fsp3) is 0.467. The smallest absolute Gasteiger partial charge is 0.0141 e. The van der Waals surface area contributed by atoms with Crippen LogP contribution in [0.25, 0.3) is 0 Å². The summed E-state index contributed by atoms with van der Waals surface area (Å²) in [5, 5.41) is 0. The number of allylic oxidation sites excluding steroid dienone is 7. The van der Waals surface area contributed by atoms with E-state index in [9.17, 15) is 0 Å². The van der Waals surface area contributed by atoms with E-state index < -0.39 is 0 Å². The largest absolute Gasteiger partial charge is 0.0915 e. The summed E-state index contributed by atoms with van der Waals surface area (Å²) < 4.78 is 0. The third-order valence-electron chi connectivity index (χ3n) is 4.40. The van der Waals surface area contributed by atoms with Crippen LogP contribution >= 0.6 is 0 Å². The lowest BCUT2D eigenvalue weighted by atomic mass is 9.61. The molecule has 0 aromatic heterocycles. The average molecular weight is 200 g/mol. The summed E-state index contributed by atoms with van der Waals surface area (Å²) in [6.07, 6.45) is 9.15. The molecule has 0 aliphatic heterocycles. The Bertz CT molecular complexity index is 392. The zero-order chi connectivity index (χ0) is 11.2. The molecule has 0 heterocycles. The maximum Gasteiger partial charge on any atom is 0.0141 e. The maximum atomic E-state index is 4.08. The normalized spacial score (nSPS) is 39.6. The Morgan fingerprint density at radius 1 is 1.27 bits per heavy atom. The Morgan fingerprint density at radius 2 is 1.93 bits per heavy atom. The second-order valence-electron chi connectivity index (χ2n) is 5.19. The maximum absolute atomic E-state index is 4.08. The number of hydrogen-bond acceptors (Lipinski definition) is 0. The van der Waals surface area contributed by atoms with Crippen LogP contribution in [0.4, 0.5) is 0 Å². The Morgan fingerprint density at radius 3 is 2.60 bits per heavy atom. The zero-order valence-electron chi connectivity index (χ0n) is 10.2. The van der Waals surface area contributed by atoms with E-state index in [2.05, 4.69) is 58.6 Å². The highest BCUT2D eigenvalue weighted by atomic mass is 14.4. The quantitative estimate of drug-likeness (QED) is 0.547. The van der Waals surface area contributed by atoms with Gasteiger partial charge in [-0.25, -0.2) is 0 Å². The lowest BCUT2D eigenvalue weighted by Crippen LogP contribution is -2.34. The van der Waals surface area contributed by atoms with Gasteiger partial charge in [0.2, 0.25) is 0 Å². The molecule has 3 atom stereocenters. The van der Waals surface area contributed by atoms with Crippen molar-refractivity contribution < 1.29 is 0 Å². The molecule has 0 heteroatoms. The summed E-state index contributed by atoms with van der Waals surface area (Å²) in [4.78, 5) is 0. The minimum Gasteiger partial charge on any atom is -0.0915 e. The molecule has 0 N–H and O–H groups in total. The fourth-order valence-corrected chi connectivity index (χ4v) is 2.73. The van der Waals surface area contributed by atoms with Crippen molar-refractivity contribution >= 4 is 0 Å². The van der Waals surface area contributed by atoms with Gasteiger partial charge in [-0.2, -0.15) is 0 Å². The molecule has 0 aromatic rings. The molecule has 0 fully saturated rings. The molecule has 2 aliphatic rings. The van der Waals surface area contributed by atoms with Gasteiger partial charge in [0.1, 0.15) is 0 Å². The Kier molecular flexibility index (Phi) is 2.26. The molecule has 0 amide bonds. The van der Waals surface area contributed by atoms with Crippen LogP contribution in [0.2, 0.25) is 0 Å². The van der Waals surface area contributed by atoms with Gasteiger partial charge in [0.25, 0.3) is 0 Å². The van der Waals surface area contributed by atoms with Crippen molar-refractivity contribution in [2.24, 2.45) is 17.3 Å². The number of fused-ring (bicyclic) bond motifs is 1. The average Bonchev–Trinajstić information content (AvgIpc) is 2.21. The van der Waals surface area contributed by atoms with Crippen LogP contribution in [0.5, 0.6) is 0 Å². The van der Waals surface area contributed by atoms with Crippen LogP contribution in [0, 0.1) is 17.3 Å². The highest BCUT2D eigenvalue weighted by Gasteiger charge is 2.39. The molecule has 0 bridgehead atoms. The van der Waals surface area contributed by atoms with Gasteiger partial charge < -0.3 is 0 Å². The van der Waals surface area contributed by atoms with Gasteiger partial charge in [0.05, 0.1) is 0 Å². The predicted molar refractivity (Wildman–Crippen MR) is 66.6 cm³/mol. The lowest BCUT2D eigenvalue weighted by Gasteiger charge is -2.43. The minimum absolute atomic E-state index is 0.208. The highest BCUT2D eigenvalue weighted by Crippen LogP contribution is 2.49.